The molecule has 88 valence electrons. The van der Waals surface area contributed by atoms with Gasteiger partial charge >= 0.3 is 0 Å². The molecule has 0 unspecified atom stereocenters. The molecule has 2 nitrogen and oxygen atoms in total. The summed E-state index contributed by atoms with van der Waals surface area (Å²) in [5, 5.41) is 0.439. The molecule has 4 heteroatoms. The molecule has 0 amide bonds. The van der Waals surface area contributed by atoms with Gasteiger partial charge in [-0.15, -0.1) is 0 Å². The van der Waals surface area contributed by atoms with E-state index in [2.05, 4.69) is 20.9 Å². The standard InChI is InChI=1S/C13H11BrClNO/c1-9-13(14)11(7-12(15)16-9)17-8-10-5-3-2-4-6-10/h2-7H,8H2,1H3. The molecule has 0 saturated heterocycles. The number of hydrogen-bond acceptors (Lipinski definition) is 2. The van der Waals surface area contributed by atoms with Crippen LogP contribution in [0.3, 0.4) is 0 Å². The summed E-state index contributed by atoms with van der Waals surface area (Å²) in [5.74, 6) is 0.714. The molecule has 1 heterocycles. The summed E-state index contributed by atoms with van der Waals surface area (Å²) in [5.41, 5.74) is 1.94. The summed E-state index contributed by atoms with van der Waals surface area (Å²) < 4.78 is 6.56. The fourth-order valence-electron chi connectivity index (χ4n) is 1.43. The lowest BCUT2D eigenvalue weighted by Crippen LogP contribution is -1.97. The second-order valence-corrected chi connectivity index (χ2v) is 4.80. The summed E-state index contributed by atoms with van der Waals surface area (Å²) in [4.78, 5) is 4.13. The molecule has 2 aromatic rings. The van der Waals surface area contributed by atoms with E-state index >= 15 is 0 Å². The monoisotopic (exact) mass is 311 g/mol. The third-order valence-electron chi connectivity index (χ3n) is 2.30. The van der Waals surface area contributed by atoms with Gasteiger partial charge < -0.3 is 4.74 Å². The average molecular weight is 313 g/mol. The van der Waals surface area contributed by atoms with Crippen LogP contribution >= 0.6 is 27.5 Å². The third-order valence-corrected chi connectivity index (χ3v) is 3.45. The van der Waals surface area contributed by atoms with Gasteiger partial charge in [-0.05, 0) is 28.4 Å². The molecule has 0 saturated carbocycles. The van der Waals surface area contributed by atoms with Crippen molar-refractivity contribution in [2.24, 2.45) is 0 Å². The molecule has 0 atom stereocenters. The minimum Gasteiger partial charge on any atom is -0.488 e. The molecule has 0 radical (unpaired) electrons. The van der Waals surface area contributed by atoms with Crippen LogP contribution in [0, 0.1) is 6.92 Å². The van der Waals surface area contributed by atoms with Crippen molar-refractivity contribution in [3.05, 3.63) is 57.3 Å². The van der Waals surface area contributed by atoms with E-state index in [1.165, 1.54) is 0 Å². The van der Waals surface area contributed by atoms with Crippen LogP contribution in [-0.2, 0) is 6.61 Å². The number of rotatable bonds is 3. The van der Waals surface area contributed by atoms with Crippen molar-refractivity contribution >= 4 is 27.5 Å². The van der Waals surface area contributed by atoms with Crippen LogP contribution in [0.25, 0.3) is 0 Å². The van der Waals surface area contributed by atoms with Crippen LogP contribution in [0.4, 0.5) is 0 Å². The Balaban J connectivity index is 2.14. The fraction of sp³-hybridized carbons (Fsp3) is 0.154. The number of ether oxygens (including phenoxy) is 1. The molecule has 2 rings (SSSR count). The van der Waals surface area contributed by atoms with E-state index in [1.54, 1.807) is 6.07 Å². The Labute approximate surface area is 114 Å². The maximum absolute atomic E-state index is 5.89. The molecule has 0 fully saturated rings. The molecule has 0 N–H and O–H groups in total. The molecule has 17 heavy (non-hydrogen) atoms. The third kappa shape index (κ3) is 3.20. The van der Waals surface area contributed by atoms with Crippen LogP contribution in [-0.4, -0.2) is 4.98 Å². The van der Waals surface area contributed by atoms with Gasteiger partial charge in [0.1, 0.15) is 17.5 Å². The Morgan fingerprint density at radius 3 is 2.71 bits per heavy atom. The highest BCUT2D eigenvalue weighted by atomic mass is 79.9. The number of benzene rings is 1. The minimum absolute atomic E-state index is 0.439. The lowest BCUT2D eigenvalue weighted by molar-refractivity contribution is 0.303. The van der Waals surface area contributed by atoms with E-state index in [0.717, 1.165) is 15.7 Å². The van der Waals surface area contributed by atoms with Crippen LogP contribution in [0.1, 0.15) is 11.3 Å². The first-order chi connectivity index (χ1) is 8.16. The summed E-state index contributed by atoms with van der Waals surface area (Å²) in [6.07, 6.45) is 0. The van der Waals surface area contributed by atoms with E-state index in [9.17, 15) is 0 Å². The average Bonchev–Trinajstić information content (AvgIpc) is 2.33. The summed E-state index contributed by atoms with van der Waals surface area (Å²) in [6, 6.07) is 11.7. The molecule has 0 aliphatic carbocycles. The van der Waals surface area contributed by atoms with Crippen LogP contribution in [0.2, 0.25) is 5.15 Å². The largest absolute Gasteiger partial charge is 0.488 e. The lowest BCUT2D eigenvalue weighted by Gasteiger charge is -2.10. The number of aryl methyl sites for hydroxylation is 1. The zero-order valence-electron chi connectivity index (χ0n) is 9.28. The van der Waals surface area contributed by atoms with Crippen LogP contribution in [0.5, 0.6) is 5.75 Å². The zero-order chi connectivity index (χ0) is 12.3. The van der Waals surface area contributed by atoms with Gasteiger partial charge in [-0.25, -0.2) is 4.98 Å². The highest BCUT2D eigenvalue weighted by Crippen LogP contribution is 2.30. The Kier molecular flexibility index (Phi) is 4.02. The number of halogens is 2. The second-order valence-electron chi connectivity index (χ2n) is 3.62. The molecular formula is C13H11BrClNO. The smallest absolute Gasteiger partial charge is 0.138 e. The van der Waals surface area contributed by atoms with E-state index in [0.29, 0.717) is 17.5 Å². The Morgan fingerprint density at radius 1 is 1.29 bits per heavy atom. The summed E-state index contributed by atoms with van der Waals surface area (Å²) in [6.45, 7) is 2.39. The first-order valence-electron chi connectivity index (χ1n) is 5.16. The van der Waals surface area contributed by atoms with Crippen molar-refractivity contribution in [3.63, 3.8) is 0 Å². The molecule has 1 aromatic heterocycles. The molecular weight excluding hydrogens is 302 g/mol. The number of nitrogens with zero attached hydrogens (tertiary/aromatic N) is 1. The van der Waals surface area contributed by atoms with Gasteiger partial charge in [-0.2, -0.15) is 0 Å². The van der Waals surface area contributed by atoms with Gasteiger partial charge in [0.15, 0.2) is 0 Å². The van der Waals surface area contributed by atoms with Crippen LogP contribution < -0.4 is 4.74 Å². The fourth-order valence-corrected chi connectivity index (χ4v) is 1.98. The molecule has 0 aliphatic heterocycles. The normalized spacial score (nSPS) is 10.3. The Hall–Kier alpha value is -1.06. The predicted molar refractivity (Wildman–Crippen MR) is 72.5 cm³/mol. The van der Waals surface area contributed by atoms with E-state index in [4.69, 9.17) is 16.3 Å². The first kappa shape index (κ1) is 12.4. The van der Waals surface area contributed by atoms with Crippen LogP contribution in [0.15, 0.2) is 40.9 Å². The minimum atomic E-state index is 0.439. The van der Waals surface area contributed by atoms with Crippen molar-refractivity contribution in [1.29, 1.82) is 0 Å². The van der Waals surface area contributed by atoms with Gasteiger partial charge in [-0.3, -0.25) is 0 Å². The number of pyridine rings is 1. The Morgan fingerprint density at radius 2 is 2.00 bits per heavy atom. The Bertz CT molecular complexity index is 516. The lowest BCUT2D eigenvalue weighted by atomic mass is 10.2. The van der Waals surface area contributed by atoms with Crippen molar-refractivity contribution in [2.45, 2.75) is 13.5 Å². The van der Waals surface area contributed by atoms with E-state index in [1.807, 2.05) is 37.3 Å². The molecule has 0 aliphatic rings. The number of hydrogen-bond donors (Lipinski definition) is 0. The summed E-state index contributed by atoms with van der Waals surface area (Å²) in [7, 11) is 0. The topological polar surface area (TPSA) is 22.1 Å². The number of aromatic nitrogens is 1. The molecule has 1 aromatic carbocycles. The van der Waals surface area contributed by atoms with Crippen molar-refractivity contribution < 1.29 is 4.74 Å². The van der Waals surface area contributed by atoms with E-state index in [-0.39, 0.29) is 0 Å². The SMILES string of the molecule is Cc1nc(Cl)cc(OCc2ccccc2)c1Br. The van der Waals surface area contributed by atoms with Gasteiger partial charge in [-0.1, -0.05) is 41.9 Å². The summed E-state index contributed by atoms with van der Waals surface area (Å²) >= 11 is 9.33. The van der Waals surface area contributed by atoms with Crippen molar-refractivity contribution in [3.8, 4) is 5.75 Å². The maximum Gasteiger partial charge on any atom is 0.138 e. The zero-order valence-corrected chi connectivity index (χ0v) is 11.6. The second kappa shape index (κ2) is 5.52. The van der Waals surface area contributed by atoms with Gasteiger partial charge in [0.2, 0.25) is 0 Å². The first-order valence-corrected chi connectivity index (χ1v) is 6.33. The molecule has 0 spiro atoms. The van der Waals surface area contributed by atoms with Gasteiger partial charge in [0, 0.05) is 6.07 Å². The predicted octanol–water partition coefficient (Wildman–Crippen LogP) is 4.38. The van der Waals surface area contributed by atoms with Crippen molar-refractivity contribution in [2.75, 3.05) is 0 Å². The molecule has 0 bridgehead atoms. The van der Waals surface area contributed by atoms with E-state index < -0.39 is 0 Å². The quantitative estimate of drug-likeness (QED) is 0.784. The van der Waals surface area contributed by atoms with Crippen molar-refractivity contribution in [1.82, 2.24) is 4.98 Å². The highest BCUT2D eigenvalue weighted by molar-refractivity contribution is 9.10. The van der Waals surface area contributed by atoms with Gasteiger partial charge in [0.25, 0.3) is 0 Å². The maximum atomic E-state index is 5.89. The van der Waals surface area contributed by atoms with Gasteiger partial charge in [0.05, 0.1) is 10.2 Å². The highest BCUT2D eigenvalue weighted by Gasteiger charge is 2.07.